The van der Waals surface area contributed by atoms with Gasteiger partial charge in [-0.25, -0.2) is 8.42 Å². The van der Waals surface area contributed by atoms with Crippen molar-refractivity contribution in [3.8, 4) is 0 Å². The third kappa shape index (κ3) is 7.46. The molecular weight excluding hydrogens is 511 g/mol. The van der Waals surface area contributed by atoms with Crippen molar-refractivity contribution >= 4 is 45.6 Å². The number of para-hydroxylation sites is 1. The molecule has 0 saturated carbocycles. The Hall–Kier alpha value is -1.81. The van der Waals surface area contributed by atoms with Crippen LogP contribution in [0.15, 0.2) is 59.6 Å². The quantitative estimate of drug-likeness (QED) is 0.252. The largest absolute Gasteiger partial charge is 0.356 e. The van der Waals surface area contributed by atoms with Gasteiger partial charge in [-0.1, -0.05) is 62.4 Å². The first-order valence-corrected chi connectivity index (χ1v) is 11.8. The number of aliphatic imine (C=N–C) groups is 1. The van der Waals surface area contributed by atoms with Crippen LogP contribution in [0.2, 0.25) is 0 Å². The van der Waals surface area contributed by atoms with Gasteiger partial charge in [-0.3, -0.25) is 9.71 Å². The van der Waals surface area contributed by atoms with Crippen molar-refractivity contribution in [3.63, 3.8) is 0 Å². The number of anilines is 1. The van der Waals surface area contributed by atoms with E-state index in [4.69, 9.17) is 0 Å². The normalized spacial score (nSPS) is 12.1. The number of nitrogens with one attached hydrogen (secondary N) is 3. The average Bonchev–Trinajstić information content (AvgIpc) is 2.72. The fourth-order valence-electron chi connectivity index (χ4n) is 3.43. The summed E-state index contributed by atoms with van der Waals surface area (Å²) < 4.78 is 25.7. The van der Waals surface area contributed by atoms with E-state index in [1.165, 1.54) is 5.56 Å². The number of rotatable bonds is 9. The summed E-state index contributed by atoms with van der Waals surface area (Å²) in [6.07, 6.45) is 3.17. The minimum absolute atomic E-state index is 0. The van der Waals surface area contributed by atoms with Crippen LogP contribution < -0.4 is 15.4 Å². The first-order valence-electron chi connectivity index (χ1n) is 9.89. The molecule has 0 spiro atoms. The van der Waals surface area contributed by atoms with Gasteiger partial charge in [0, 0.05) is 25.6 Å². The first-order chi connectivity index (χ1) is 13.8. The maximum Gasteiger partial charge on any atom is 0.229 e. The molecule has 166 valence electrons. The van der Waals surface area contributed by atoms with Crippen LogP contribution in [0.4, 0.5) is 5.69 Å². The van der Waals surface area contributed by atoms with Crippen molar-refractivity contribution in [2.45, 2.75) is 38.6 Å². The minimum atomic E-state index is -3.33. The maximum absolute atomic E-state index is 11.6. The molecule has 0 heterocycles. The highest BCUT2D eigenvalue weighted by atomic mass is 127. The van der Waals surface area contributed by atoms with Crippen LogP contribution in [0.25, 0.3) is 0 Å². The number of nitrogens with zero attached hydrogens (tertiary/aromatic N) is 1. The molecule has 0 bridgehead atoms. The lowest BCUT2D eigenvalue weighted by molar-refractivity contribution is 0.389. The molecule has 0 radical (unpaired) electrons. The van der Waals surface area contributed by atoms with Gasteiger partial charge in [0.1, 0.15) is 0 Å². The molecule has 0 unspecified atom stereocenters. The summed E-state index contributed by atoms with van der Waals surface area (Å²) in [7, 11) is -1.60. The second kappa shape index (κ2) is 12.1. The summed E-state index contributed by atoms with van der Waals surface area (Å²) >= 11 is 0. The molecular formula is C22H33IN4O2S. The monoisotopic (exact) mass is 544 g/mol. The number of sulfonamides is 1. The Morgan fingerprint density at radius 3 is 2.13 bits per heavy atom. The van der Waals surface area contributed by atoms with Gasteiger partial charge in [-0.15, -0.1) is 24.0 Å². The Bertz CT molecular complexity index is 914. The van der Waals surface area contributed by atoms with Crippen molar-refractivity contribution < 1.29 is 8.42 Å². The lowest BCUT2D eigenvalue weighted by Gasteiger charge is -2.33. The predicted molar refractivity (Wildman–Crippen MR) is 137 cm³/mol. The van der Waals surface area contributed by atoms with Gasteiger partial charge >= 0.3 is 0 Å². The molecule has 0 atom stereocenters. The number of hydrogen-bond acceptors (Lipinski definition) is 3. The van der Waals surface area contributed by atoms with E-state index in [1.807, 2.05) is 18.2 Å². The van der Waals surface area contributed by atoms with Gasteiger partial charge in [0.2, 0.25) is 10.0 Å². The average molecular weight is 545 g/mol. The van der Waals surface area contributed by atoms with Gasteiger partial charge in [-0.2, -0.15) is 0 Å². The number of guanidine groups is 1. The summed E-state index contributed by atoms with van der Waals surface area (Å²) in [6.45, 7) is 5.63. The Labute approximate surface area is 198 Å². The summed E-state index contributed by atoms with van der Waals surface area (Å²) in [5, 5.41) is 6.74. The molecule has 2 rings (SSSR count). The number of benzene rings is 2. The van der Waals surface area contributed by atoms with E-state index in [0.29, 0.717) is 18.2 Å². The van der Waals surface area contributed by atoms with Gasteiger partial charge in [-0.05, 0) is 30.0 Å². The third-order valence-corrected chi connectivity index (χ3v) is 5.91. The standard InChI is InChI=1S/C22H32N4O2S.HI/c1-5-22(6-2,19-13-8-7-9-14-19)17-25-21(23-3)24-16-18-12-10-11-15-20(18)26-29(4,27)28;/h7-15,26H,5-6,16-17H2,1-4H3,(H2,23,24,25);1H. The Balaban J connectivity index is 0.00000450. The van der Waals surface area contributed by atoms with Gasteiger partial charge in [0.25, 0.3) is 0 Å². The SMILES string of the molecule is CCC(CC)(CNC(=NC)NCc1ccccc1NS(C)(=O)=O)c1ccccc1.I. The van der Waals surface area contributed by atoms with Crippen LogP contribution in [0.5, 0.6) is 0 Å². The molecule has 0 aromatic heterocycles. The zero-order valence-corrected chi connectivity index (χ0v) is 21.3. The first kappa shape index (κ1) is 26.2. The van der Waals surface area contributed by atoms with Crippen LogP contribution in [0.3, 0.4) is 0 Å². The lowest BCUT2D eigenvalue weighted by atomic mass is 9.76. The molecule has 0 saturated heterocycles. The Kier molecular flexibility index (Phi) is 10.6. The Morgan fingerprint density at radius 2 is 1.57 bits per heavy atom. The van der Waals surface area contributed by atoms with Crippen molar-refractivity contribution in [3.05, 3.63) is 65.7 Å². The van der Waals surface area contributed by atoms with Crippen molar-refractivity contribution in [1.29, 1.82) is 0 Å². The molecule has 0 aliphatic carbocycles. The maximum atomic E-state index is 11.6. The van der Waals surface area contributed by atoms with Crippen molar-refractivity contribution in [1.82, 2.24) is 10.6 Å². The summed E-state index contributed by atoms with van der Waals surface area (Å²) in [6, 6.07) is 17.9. The molecule has 2 aromatic carbocycles. The highest BCUT2D eigenvalue weighted by Gasteiger charge is 2.28. The molecule has 0 fully saturated rings. The molecule has 6 nitrogen and oxygen atoms in total. The van der Waals surface area contributed by atoms with Gasteiger partial charge in [0.15, 0.2) is 5.96 Å². The van der Waals surface area contributed by atoms with Crippen molar-refractivity contribution in [2.24, 2.45) is 4.99 Å². The second-order valence-corrected chi connectivity index (χ2v) is 8.91. The smallest absolute Gasteiger partial charge is 0.229 e. The number of halogens is 1. The zero-order chi connectivity index (χ0) is 21.3. The van der Waals surface area contributed by atoms with Crippen molar-refractivity contribution in [2.75, 3.05) is 24.6 Å². The van der Waals surface area contributed by atoms with E-state index in [0.717, 1.165) is 31.2 Å². The fourth-order valence-corrected chi connectivity index (χ4v) is 4.03. The van der Waals surface area contributed by atoms with Crippen LogP contribution in [-0.2, 0) is 22.0 Å². The molecule has 3 N–H and O–H groups in total. The molecule has 8 heteroatoms. The predicted octanol–water partition coefficient (Wildman–Crippen LogP) is 4.10. The summed E-state index contributed by atoms with van der Waals surface area (Å²) in [5.41, 5.74) is 2.75. The van der Waals surface area contributed by atoms with E-state index in [2.05, 4.69) is 58.5 Å². The van der Waals surface area contributed by atoms with E-state index < -0.39 is 10.0 Å². The van der Waals surface area contributed by atoms with Crippen LogP contribution in [0.1, 0.15) is 37.8 Å². The topological polar surface area (TPSA) is 82.6 Å². The molecule has 30 heavy (non-hydrogen) atoms. The second-order valence-electron chi connectivity index (χ2n) is 7.16. The minimum Gasteiger partial charge on any atom is -0.356 e. The Morgan fingerprint density at radius 1 is 0.967 bits per heavy atom. The molecule has 0 aliphatic rings. The van der Waals surface area contributed by atoms with Gasteiger partial charge in [0.05, 0.1) is 11.9 Å². The number of hydrogen-bond donors (Lipinski definition) is 3. The third-order valence-electron chi connectivity index (χ3n) is 5.32. The van der Waals surface area contributed by atoms with Crippen LogP contribution in [0, 0.1) is 0 Å². The van der Waals surface area contributed by atoms with E-state index in [9.17, 15) is 8.42 Å². The van der Waals surface area contributed by atoms with Gasteiger partial charge < -0.3 is 10.6 Å². The summed E-state index contributed by atoms with van der Waals surface area (Å²) in [4.78, 5) is 4.33. The lowest BCUT2D eigenvalue weighted by Crippen LogP contribution is -2.45. The fraction of sp³-hybridized carbons (Fsp3) is 0.409. The van der Waals surface area contributed by atoms with E-state index >= 15 is 0 Å². The van der Waals surface area contributed by atoms with E-state index in [-0.39, 0.29) is 29.4 Å². The molecule has 0 amide bonds. The molecule has 2 aromatic rings. The van der Waals surface area contributed by atoms with Crippen LogP contribution in [-0.4, -0.2) is 34.2 Å². The van der Waals surface area contributed by atoms with Crippen LogP contribution >= 0.6 is 24.0 Å². The summed E-state index contributed by atoms with van der Waals surface area (Å²) in [5.74, 6) is 0.682. The molecule has 0 aliphatic heterocycles. The highest BCUT2D eigenvalue weighted by Crippen LogP contribution is 2.30. The van der Waals surface area contributed by atoms with E-state index in [1.54, 1.807) is 19.2 Å². The highest BCUT2D eigenvalue weighted by molar-refractivity contribution is 14.0. The zero-order valence-electron chi connectivity index (χ0n) is 18.1.